The number of carbonyl (C=O) groups excluding carboxylic acids is 1. The third-order valence-electron chi connectivity index (χ3n) is 5.29. The predicted octanol–water partition coefficient (Wildman–Crippen LogP) is 3.48. The molecule has 0 aliphatic heterocycles. The first-order chi connectivity index (χ1) is 15.0. The molecule has 0 radical (unpaired) electrons. The second kappa shape index (κ2) is 9.18. The van der Waals surface area contributed by atoms with E-state index in [9.17, 15) is 9.59 Å². The highest BCUT2D eigenvalue weighted by Crippen LogP contribution is 2.25. The summed E-state index contributed by atoms with van der Waals surface area (Å²) in [6, 6.07) is 7.60. The Bertz CT molecular complexity index is 1210. The molecule has 158 valence electrons. The molecule has 0 N–H and O–H groups in total. The highest BCUT2D eigenvalue weighted by molar-refractivity contribution is 7.18. The first-order valence-electron chi connectivity index (χ1n) is 10.0. The van der Waals surface area contributed by atoms with Gasteiger partial charge in [-0.2, -0.15) is 0 Å². The van der Waals surface area contributed by atoms with Crippen LogP contribution in [0.25, 0.3) is 10.2 Å². The average Bonchev–Trinajstić information content (AvgIpc) is 3.08. The quantitative estimate of drug-likeness (QED) is 0.446. The Balaban J connectivity index is 1.53. The highest BCUT2D eigenvalue weighted by Gasteiger charge is 2.17. The summed E-state index contributed by atoms with van der Waals surface area (Å²) < 4.78 is 1.54. The van der Waals surface area contributed by atoms with Crippen LogP contribution >= 0.6 is 11.3 Å². The lowest BCUT2D eigenvalue weighted by molar-refractivity contribution is -0.132. The summed E-state index contributed by atoms with van der Waals surface area (Å²) in [5.41, 5.74) is 2.83. The van der Waals surface area contributed by atoms with Crippen molar-refractivity contribution in [2.45, 2.75) is 39.9 Å². The molecule has 8 heteroatoms. The van der Waals surface area contributed by atoms with Crippen LogP contribution in [0, 0.1) is 13.8 Å². The lowest BCUT2D eigenvalue weighted by Gasteiger charge is -2.23. The number of rotatable bonds is 7. The second-order valence-electron chi connectivity index (χ2n) is 7.42. The van der Waals surface area contributed by atoms with Crippen molar-refractivity contribution < 1.29 is 4.79 Å². The molecule has 0 fully saturated rings. The molecule has 1 amide bonds. The number of aromatic nitrogens is 4. The molecule has 0 saturated heterocycles. The van der Waals surface area contributed by atoms with Crippen LogP contribution in [-0.4, -0.2) is 30.3 Å². The van der Waals surface area contributed by atoms with E-state index in [-0.39, 0.29) is 24.4 Å². The second-order valence-corrected chi connectivity index (χ2v) is 8.63. The Kier molecular flexibility index (Phi) is 6.18. The van der Waals surface area contributed by atoms with Crippen molar-refractivity contribution >= 4 is 27.5 Å². The third kappa shape index (κ3) is 4.69. The highest BCUT2D eigenvalue weighted by atomic mass is 32.1. The fourth-order valence-electron chi connectivity index (χ4n) is 3.46. The van der Waals surface area contributed by atoms with Crippen LogP contribution in [0.1, 0.15) is 28.0 Å². The first-order valence-corrected chi connectivity index (χ1v) is 10.9. The van der Waals surface area contributed by atoms with Crippen LogP contribution < -0.4 is 5.56 Å². The van der Waals surface area contributed by atoms with Gasteiger partial charge < -0.3 is 4.90 Å². The van der Waals surface area contributed by atoms with E-state index in [4.69, 9.17) is 0 Å². The molecule has 0 spiro atoms. The number of carbonyl (C=O) groups is 1. The van der Waals surface area contributed by atoms with Gasteiger partial charge in [-0.25, -0.2) is 4.98 Å². The van der Waals surface area contributed by atoms with Crippen molar-refractivity contribution in [2.24, 2.45) is 0 Å². The molecular formula is C23H23N5O2S. The van der Waals surface area contributed by atoms with Crippen LogP contribution in [0.3, 0.4) is 0 Å². The molecule has 0 unspecified atom stereocenters. The summed E-state index contributed by atoms with van der Waals surface area (Å²) >= 11 is 1.52. The minimum absolute atomic E-state index is 0.0362. The summed E-state index contributed by atoms with van der Waals surface area (Å²) in [6.07, 6.45) is 8.66. The summed E-state index contributed by atoms with van der Waals surface area (Å²) in [6.45, 7) is 5.13. The number of thiophene rings is 1. The smallest absolute Gasteiger partial charge is 0.262 e. The summed E-state index contributed by atoms with van der Waals surface area (Å²) in [5.74, 6) is -0.0362. The van der Waals surface area contributed by atoms with Gasteiger partial charge in [0.25, 0.3) is 5.56 Å². The first kappa shape index (κ1) is 20.9. The van der Waals surface area contributed by atoms with Crippen molar-refractivity contribution in [3.63, 3.8) is 0 Å². The third-order valence-corrected chi connectivity index (χ3v) is 6.41. The van der Waals surface area contributed by atoms with Gasteiger partial charge in [-0.3, -0.25) is 24.1 Å². The largest absolute Gasteiger partial charge is 0.334 e. The lowest BCUT2D eigenvalue weighted by Crippen LogP contribution is -2.32. The number of aryl methyl sites for hydroxylation is 3. The van der Waals surface area contributed by atoms with Crippen molar-refractivity contribution in [3.05, 3.63) is 87.3 Å². The molecule has 4 aromatic heterocycles. The van der Waals surface area contributed by atoms with E-state index >= 15 is 0 Å². The maximum atomic E-state index is 13.1. The zero-order valence-corrected chi connectivity index (χ0v) is 18.3. The monoisotopic (exact) mass is 433 g/mol. The van der Waals surface area contributed by atoms with Gasteiger partial charge in [0.1, 0.15) is 4.83 Å². The topological polar surface area (TPSA) is 81.0 Å². The van der Waals surface area contributed by atoms with E-state index in [2.05, 4.69) is 15.0 Å². The molecular weight excluding hydrogens is 410 g/mol. The fraction of sp³-hybridized carbons (Fsp3) is 0.261. The number of nitrogens with zero attached hydrogens (tertiary/aromatic N) is 5. The van der Waals surface area contributed by atoms with E-state index in [1.165, 1.54) is 15.9 Å². The Hall–Kier alpha value is -3.39. The van der Waals surface area contributed by atoms with E-state index in [1.807, 2.05) is 38.1 Å². The normalized spacial score (nSPS) is 11.0. The van der Waals surface area contributed by atoms with Crippen molar-refractivity contribution in [1.29, 1.82) is 0 Å². The number of hydrogen-bond acceptors (Lipinski definition) is 6. The van der Waals surface area contributed by atoms with Crippen molar-refractivity contribution in [2.75, 3.05) is 0 Å². The van der Waals surface area contributed by atoms with Crippen LogP contribution in [0.5, 0.6) is 0 Å². The number of hydrogen-bond donors (Lipinski definition) is 0. The van der Waals surface area contributed by atoms with Crippen LogP contribution in [0.4, 0.5) is 0 Å². The minimum atomic E-state index is -0.0902. The Morgan fingerprint density at radius 3 is 2.58 bits per heavy atom. The molecule has 0 saturated carbocycles. The van der Waals surface area contributed by atoms with Gasteiger partial charge in [0.15, 0.2) is 0 Å². The maximum absolute atomic E-state index is 13.1. The Morgan fingerprint density at radius 1 is 1.06 bits per heavy atom. The van der Waals surface area contributed by atoms with Crippen molar-refractivity contribution in [3.8, 4) is 0 Å². The molecule has 0 atom stereocenters. The molecule has 0 bridgehead atoms. The van der Waals surface area contributed by atoms with E-state index in [0.29, 0.717) is 18.5 Å². The summed E-state index contributed by atoms with van der Waals surface area (Å²) in [5, 5.41) is 0.654. The zero-order valence-electron chi connectivity index (χ0n) is 17.5. The van der Waals surface area contributed by atoms with Gasteiger partial charge in [0.05, 0.1) is 11.7 Å². The molecule has 0 aromatic carbocycles. The SMILES string of the molecule is Cc1sc2ncn(CCC(=O)N(Cc3ccncc3)Cc3cccnc3)c(=O)c2c1C. The number of amides is 1. The molecule has 7 nitrogen and oxygen atoms in total. The Labute approximate surface area is 184 Å². The van der Waals surface area contributed by atoms with Gasteiger partial charge >= 0.3 is 0 Å². The van der Waals surface area contributed by atoms with Gasteiger partial charge in [0, 0.05) is 55.7 Å². The van der Waals surface area contributed by atoms with E-state index in [1.54, 1.807) is 36.0 Å². The maximum Gasteiger partial charge on any atom is 0.262 e. The minimum Gasteiger partial charge on any atom is -0.334 e. The van der Waals surface area contributed by atoms with Gasteiger partial charge in [-0.1, -0.05) is 6.07 Å². The van der Waals surface area contributed by atoms with Crippen LogP contribution in [-0.2, 0) is 24.4 Å². The average molecular weight is 434 g/mol. The zero-order chi connectivity index (χ0) is 21.8. The van der Waals surface area contributed by atoms with Gasteiger partial charge in [-0.05, 0) is 48.7 Å². The predicted molar refractivity (Wildman–Crippen MR) is 121 cm³/mol. The van der Waals surface area contributed by atoms with E-state index in [0.717, 1.165) is 26.4 Å². The summed E-state index contributed by atoms with van der Waals surface area (Å²) in [4.78, 5) is 42.3. The lowest BCUT2D eigenvalue weighted by atomic mass is 10.2. The molecule has 0 aliphatic rings. The molecule has 4 aromatic rings. The van der Waals surface area contributed by atoms with Gasteiger partial charge in [0.2, 0.25) is 5.91 Å². The van der Waals surface area contributed by atoms with Crippen LogP contribution in [0.2, 0.25) is 0 Å². The fourth-order valence-corrected chi connectivity index (χ4v) is 4.44. The molecule has 0 aliphatic carbocycles. The standard InChI is InChI=1S/C23H23N5O2S/c1-16-17(2)31-22-21(16)23(30)27(15-26-22)11-7-20(29)28(13-18-5-9-24-10-6-18)14-19-4-3-8-25-12-19/h3-6,8-10,12,15H,7,11,13-14H2,1-2H3. The number of pyridine rings is 2. The number of fused-ring (bicyclic) bond motifs is 1. The van der Waals surface area contributed by atoms with E-state index < -0.39 is 0 Å². The van der Waals surface area contributed by atoms with Crippen LogP contribution in [0.15, 0.2) is 60.2 Å². The summed E-state index contributed by atoms with van der Waals surface area (Å²) in [7, 11) is 0. The van der Waals surface area contributed by atoms with Crippen molar-refractivity contribution in [1.82, 2.24) is 24.4 Å². The molecule has 31 heavy (non-hydrogen) atoms. The van der Waals surface area contributed by atoms with Gasteiger partial charge in [-0.15, -0.1) is 11.3 Å². The molecule has 4 heterocycles. The molecule has 4 rings (SSSR count). The Morgan fingerprint density at radius 2 is 1.84 bits per heavy atom.